The average Bonchev–Trinajstić information content (AvgIpc) is 3.05. The fourth-order valence-electron chi connectivity index (χ4n) is 4.31. The molecule has 116 valence electrons. The molecule has 0 bridgehead atoms. The van der Waals surface area contributed by atoms with Gasteiger partial charge in [-0.1, -0.05) is 25.1 Å². The number of hydrogen-bond donors (Lipinski definition) is 1. The number of nitrogens with zero attached hydrogens (tertiary/aromatic N) is 2. The van der Waals surface area contributed by atoms with Crippen molar-refractivity contribution in [2.45, 2.75) is 50.6 Å². The SMILES string of the molecule is CCC1CCCN1C1(CN)CCN(c2ccccc2)CC1. The summed E-state index contributed by atoms with van der Waals surface area (Å²) in [5.74, 6) is 0. The maximum absolute atomic E-state index is 6.26. The lowest BCUT2D eigenvalue weighted by Gasteiger charge is -2.49. The Morgan fingerprint density at radius 1 is 1.14 bits per heavy atom. The van der Waals surface area contributed by atoms with Crippen molar-refractivity contribution in [3.8, 4) is 0 Å². The van der Waals surface area contributed by atoms with E-state index in [1.807, 2.05) is 0 Å². The summed E-state index contributed by atoms with van der Waals surface area (Å²) in [5.41, 5.74) is 7.87. The number of para-hydroxylation sites is 1. The van der Waals surface area contributed by atoms with E-state index in [-0.39, 0.29) is 5.54 Å². The van der Waals surface area contributed by atoms with E-state index in [1.165, 1.54) is 44.3 Å². The second kappa shape index (κ2) is 6.37. The van der Waals surface area contributed by atoms with Crippen molar-refractivity contribution in [1.29, 1.82) is 0 Å². The number of anilines is 1. The summed E-state index contributed by atoms with van der Waals surface area (Å²) in [5, 5.41) is 0. The van der Waals surface area contributed by atoms with Crippen LogP contribution in [-0.4, -0.2) is 42.7 Å². The summed E-state index contributed by atoms with van der Waals surface area (Å²) < 4.78 is 0. The van der Waals surface area contributed by atoms with Crippen LogP contribution in [0.4, 0.5) is 5.69 Å². The monoisotopic (exact) mass is 287 g/mol. The van der Waals surface area contributed by atoms with Crippen LogP contribution in [-0.2, 0) is 0 Å². The molecule has 3 heteroatoms. The van der Waals surface area contributed by atoms with Crippen molar-refractivity contribution in [2.75, 3.05) is 31.1 Å². The predicted molar refractivity (Wildman–Crippen MR) is 89.7 cm³/mol. The van der Waals surface area contributed by atoms with E-state index in [9.17, 15) is 0 Å². The minimum atomic E-state index is 0.252. The van der Waals surface area contributed by atoms with Gasteiger partial charge in [0, 0.05) is 36.9 Å². The first kappa shape index (κ1) is 14.9. The van der Waals surface area contributed by atoms with Crippen LogP contribution in [0.2, 0.25) is 0 Å². The molecule has 2 fully saturated rings. The molecular formula is C18H29N3. The molecule has 0 saturated carbocycles. The van der Waals surface area contributed by atoms with E-state index in [1.54, 1.807) is 0 Å². The number of benzene rings is 1. The van der Waals surface area contributed by atoms with E-state index in [4.69, 9.17) is 5.73 Å². The maximum Gasteiger partial charge on any atom is 0.0368 e. The highest BCUT2D eigenvalue weighted by molar-refractivity contribution is 5.46. The molecule has 0 spiro atoms. The van der Waals surface area contributed by atoms with Crippen LogP contribution in [0.5, 0.6) is 0 Å². The van der Waals surface area contributed by atoms with Gasteiger partial charge in [-0.25, -0.2) is 0 Å². The minimum absolute atomic E-state index is 0.252. The molecule has 21 heavy (non-hydrogen) atoms. The van der Waals surface area contributed by atoms with Gasteiger partial charge < -0.3 is 10.6 Å². The van der Waals surface area contributed by atoms with Crippen LogP contribution in [0.3, 0.4) is 0 Å². The Morgan fingerprint density at radius 2 is 1.86 bits per heavy atom. The van der Waals surface area contributed by atoms with E-state index < -0.39 is 0 Å². The highest BCUT2D eigenvalue weighted by Crippen LogP contribution is 2.36. The van der Waals surface area contributed by atoms with Gasteiger partial charge in [-0.3, -0.25) is 4.90 Å². The molecule has 1 atom stereocenters. The van der Waals surface area contributed by atoms with Crippen LogP contribution in [0, 0.1) is 0 Å². The Balaban J connectivity index is 1.70. The van der Waals surface area contributed by atoms with Gasteiger partial charge in [0.1, 0.15) is 0 Å². The lowest BCUT2D eigenvalue weighted by atomic mass is 9.84. The van der Waals surface area contributed by atoms with Gasteiger partial charge in [0.25, 0.3) is 0 Å². The normalized spacial score (nSPS) is 26.2. The lowest BCUT2D eigenvalue weighted by Crippen LogP contribution is -2.60. The third kappa shape index (κ3) is 2.82. The smallest absolute Gasteiger partial charge is 0.0368 e. The van der Waals surface area contributed by atoms with Gasteiger partial charge in [0.15, 0.2) is 0 Å². The van der Waals surface area contributed by atoms with Crippen molar-refractivity contribution in [2.24, 2.45) is 5.73 Å². The van der Waals surface area contributed by atoms with E-state index in [0.29, 0.717) is 0 Å². The molecule has 1 unspecified atom stereocenters. The summed E-state index contributed by atoms with van der Waals surface area (Å²) in [6.07, 6.45) is 6.39. The molecule has 3 nitrogen and oxygen atoms in total. The molecule has 3 rings (SSSR count). The minimum Gasteiger partial charge on any atom is -0.371 e. The zero-order chi connectivity index (χ0) is 14.7. The maximum atomic E-state index is 6.26. The van der Waals surface area contributed by atoms with Crippen molar-refractivity contribution in [3.63, 3.8) is 0 Å². The van der Waals surface area contributed by atoms with Crippen LogP contribution in [0.1, 0.15) is 39.0 Å². The topological polar surface area (TPSA) is 32.5 Å². The number of nitrogens with two attached hydrogens (primary N) is 1. The molecule has 2 saturated heterocycles. The number of hydrogen-bond acceptors (Lipinski definition) is 3. The fourth-order valence-corrected chi connectivity index (χ4v) is 4.31. The Kier molecular flexibility index (Phi) is 4.51. The molecule has 2 aliphatic rings. The Labute approximate surface area is 129 Å². The standard InChI is InChI=1S/C18H29N3/c1-2-16-9-6-12-21(16)18(15-19)10-13-20(14-11-18)17-7-4-3-5-8-17/h3-5,7-8,16H,2,6,9-15,19H2,1H3. The summed E-state index contributed by atoms with van der Waals surface area (Å²) in [6, 6.07) is 11.6. The second-order valence-electron chi connectivity index (χ2n) is 6.65. The quantitative estimate of drug-likeness (QED) is 0.924. The molecule has 1 aromatic carbocycles. The first-order valence-corrected chi connectivity index (χ1v) is 8.56. The molecule has 2 N–H and O–H groups in total. The average molecular weight is 287 g/mol. The Morgan fingerprint density at radius 3 is 2.48 bits per heavy atom. The lowest BCUT2D eigenvalue weighted by molar-refractivity contribution is 0.0553. The molecule has 1 aromatic rings. The van der Waals surface area contributed by atoms with Crippen molar-refractivity contribution in [1.82, 2.24) is 4.90 Å². The fraction of sp³-hybridized carbons (Fsp3) is 0.667. The zero-order valence-electron chi connectivity index (χ0n) is 13.3. The van der Waals surface area contributed by atoms with Gasteiger partial charge in [0.2, 0.25) is 0 Å². The van der Waals surface area contributed by atoms with E-state index in [2.05, 4.69) is 47.1 Å². The van der Waals surface area contributed by atoms with Gasteiger partial charge in [-0.15, -0.1) is 0 Å². The van der Waals surface area contributed by atoms with Gasteiger partial charge >= 0.3 is 0 Å². The molecule has 0 aliphatic carbocycles. The molecule has 0 aromatic heterocycles. The Bertz CT molecular complexity index is 437. The van der Waals surface area contributed by atoms with Crippen molar-refractivity contribution >= 4 is 5.69 Å². The van der Waals surface area contributed by atoms with Crippen LogP contribution in [0.25, 0.3) is 0 Å². The number of likely N-dealkylation sites (tertiary alicyclic amines) is 1. The summed E-state index contributed by atoms with van der Waals surface area (Å²) >= 11 is 0. The van der Waals surface area contributed by atoms with Gasteiger partial charge in [-0.05, 0) is 50.8 Å². The summed E-state index contributed by atoms with van der Waals surface area (Å²) in [6.45, 7) is 6.65. The van der Waals surface area contributed by atoms with Crippen molar-refractivity contribution in [3.05, 3.63) is 30.3 Å². The Hall–Kier alpha value is -1.06. The first-order chi connectivity index (χ1) is 10.3. The molecule has 2 heterocycles. The van der Waals surface area contributed by atoms with Gasteiger partial charge in [0.05, 0.1) is 0 Å². The molecular weight excluding hydrogens is 258 g/mol. The first-order valence-electron chi connectivity index (χ1n) is 8.56. The molecule has 0 radical (unpaired) electrons. The highest BCUT2D eigenvalue weighted by Gasteiger charge is 2.43. The predicted octanol–water partition coefficient (Wildman–Crippen LogP) is 2.86. The van der Waals surface area contributed by atoms with Crippen molar-refractivity contribution < 1.29 is 0 Å². The molecule has 0 amide bonds. The van der Waals surface area contributed by atoms with E-state index >= 15 is 0 Å². The number of piperidine rings is 1. The molecule has 2 aliphatic heterocycles. The zero-order valence-corrected chi connectivity index (χ0v) is 13.3. The number of rotatable bonds is 4. The second-order valence-corrected chi connectivity index (χ2v) is 6.65. The summed E-state index contributed by atoms with van der Waals surface area (Å²) in [4.78, 5) is 5.28. The third-order valence-corrected chi connectivity index (χ3v) is 5.65. The third-order valence-electron chi connectivity index (χ3n) is 5.65. The largest absolute Gasteiger partial charge is 0.371 e. The highest BCUT2D eigenvalue weighted by atomic mass is 15.3. The van der Waals surface area contributed by atoms with Crippen LogP contribution >= 0.6 is 0 Å². The van der Waals surface area contributed by atoms with Crippen LogP contribution < -0.4 is 10.6 Å². The van der Waals surface area contributed by atoms with E-state index in [0.717, 1.165) is 25.7 Å². The van der Waals surface area contributed by atoms with Crippen LogP contribution in [0.15, 0.2) is 30.3 Å². The van der Waals surface area contributed by atoms with Gasteiger partial charge in [-0.2, -0.15) is 0 Å². The summed E-state index contributed by atoms with van der Waals surface area (Å²) in [7, 11) is 0.